The quantitative estimate of drug-likeness (QED) is 0.751. The van der Waals surface area contributed by atoms with Crippen molar-refractivity contribution in [3.05, 3.63) is 35.9 Å². The summed E-state index contributed by atoms with van der Waals surface area (Å²) in [6.45, 7) is 2.02. The van der Waals surface area contributed by atoms with Gasteiger partial charge < -0.3 is 14.8 Å². The smallest absolute Gasteiger partial charge is 0.217 e. The topological polar surface area (TPSA) is 47.6 Å². The van der Waals surface area contributed by atoms with Gasteiger partial charge in [-0.15, -0.1) is 0 Å². The van der Waals surface area contributed by atoms with E-state index in [4.69, 9.17) is 9.47 Å². The number of ether oxygens (including phenoxy) is 2. The van der Waals surface area contributed by atoms with Crippen molar-refractivity contribution in [2.45, 2.75) is 63.9 Å². The number of hydrogen-bond donors (Lipinski definition) is 1. The zero-order chi connectivity index (χ0) is 17.2. The van der Waals surface area contributed by atoms with E-state index >= 15 is 0 Å². The molecule has 2 rings (SSSR count). The summed E-state index contributed by atoms with van der Waals surface area (Å²) >= 11 is 0. The van der Waals surface area contributed by atoms with Gasteiger partial charge in [0.15, 0.2) is 0 Å². The van der Waals surface area contributed by atoms with E-state index in [9.17, 15) is 9.18 Å². The maximum absolute atomic E-state index is 12.5. The summed E-state index contributed by atoms with van der Waals surface area (Å²) < 4.78 is 24.4. The molecule has 4 nitrogen and oxygen atoms in total. The van der Waals surface area contributed by atoms with E-state index in [0.29, 0.717) is 19.6 Å². The Hall–Kier alpha value is -1.46. The predicted octanol–water partition coefficient (Wildman–Crippen LogP) is 3.40. The number of hydrogen-bond acceptors (Lipinski definition) is 3. The van der Waals surface area contributed by atoms with Gasteiger partial charge in [0, 0.05) is 6.92 Å². The average Bonchev–Trinajstić information content (AvgIpc) is 2.59. The molecule has 1 aromatic carbocycles. The molecule has 1 aliphatic rings. The van der Waals surface area contributed by atoms with Gasteiger partial charge in [-0.2, -0.15) is 0 Å². The van der Waals surface area contributed by atoms with Gasteiger partial charge in [0.1, 0.15) is 0 Å². The molecular formula is C19H28FNO3. The Morgan fingerprint density at radius 3 is 2.38 bits per heavy atom. The maximum atomic E-state index is 12.5. The number of carbonyl (C=O) groups excluding carboxylic acids is 1. The van der Waals surface area contributed by atoms with Gasteiger partial charge in [0.25, 0.3) is 0 Å². The van der Waals surface area contributed by atoms with Crippen LogP contribution in [0.15, 0.2) is 30.3 Å². The highest BCUT2D eigenvalue weighted by Crippen LogP contribution is 2.24. The Labute approximate surface area is 143 Å². The lowest BCUT2D eigenvalue weighted by molar-refractivity contribution is -0.120. The average molecular weight is 337 g/mol. The summed E-state index contributed by atoms with van der Waals surface area (Å²) in [4.78, 5) is 11.1. The lowest BCUT2D eigenvalue weighted by atomic mass is 9.95. The second kappa shape index (κ2) is 10.4. The molecule has 1 atom stereocenters. The first-order valence-electron chi connectivity index (χ1n) is 8.77. The standard InChI is InChI=1S/C19H28FNO3/c1-15(22)21-17(11-12-20)14-24-19-9-7-18(8-10-19)23-13-16-5-3-2-4-6-16/h2-6,17-19H,7-14H2,1H3,(H,21,22)/t17-,18?,19?/m0/s1. The van der Waals surface area contributed by atoms with Crippen molar-refractivity contribution in [1.82, 2.24) is 5.32 Å². The van der Waals surface area contributed by atoms with Crippen LogP contribution >= 0.6 is 0 Å². The van der Waals surface area contributed by atoms with E-state index in [0.717, 1.165) is 25.7 Å². The number of alkyl halides is 1. The number of benzene rings is 1. The van der Waals surface area contributed by atoms with Gasteiger partial charge in [0.2, 0.25) is 5.91 Å². The molecule has 0 unspecified atom stereocenters. The summed E-state index contributed by atoms with van der Waals surface area (Å²) in [5.74, 6) is -0.143. The largest absolute Gasteiger partial charge is 0.376 e. The van der Waals surface area contributed by atoms with Crippen molar-refractivity contribution >= 4 is 5.91 Å². The van der Waals surface area contributed by atoms with E-state index < -0.39 is 6.67 Å². The zero-order valence-corrected chi connectivity index (χ0v) is 14.4. The molecule has 134 valence electrons. The minimum Gasteiger partial charge on any atom is -0.376 e. The second-order valence-electron chi connectivity index (χ2n) is 6.40. The summed E-state index contributed by atoms with van der Waals surface area (Å²) in [6.07, 6.45) is 4.61. The maximum Gasteiger partial charge on any atom is 0.217 e. The van der Waals surface area contributed by atoms with Gasteiger partial charge in [-0.1, -0.05) is 30.3 Å². The molecule has 1 fully saturated rings. The van der Waals surface area contributed by atoms with Crippen LogP contribution in [0.5, 0.6) is 0 Å². The highest BCUT2D eigenvalue weighted by atomic mass is 19.1. The van der Waals surface area contributed by atoms with Crippen LogP contribution in [0.3, 0.4) is 0 Å². The number of carbonyl (C=O) groups is 1. The molecule has 0 spiro atoms. The van der Waals surface area contributed by atoms with E-state index in [2.05, 4.69) is 17.4 Å². The van der Waals surface area contributed by atoms with Crippen molar-refractivity contribution in [2.75, 3.05) is 13.3 Å². The summed E-state index contributed by atoms with van der Waals surface area (Å²) in [6, 6.07) is 9.95. The fraction of sp³-hybridized carbons (Fsp3) is 0.632. The molecule has 1 saturated carbocycles. The van der Waals surface area contributed by atoms with Crippen LogP contribution in [0.25, 0.3) is 0 Å². The van der Waals surface area contributed by atoms with E-state index in [1.165, 1.54) is 12.5 Å². The molecule has 1 aromatic rings. The Balaban J connectivity index is 1.64. The number of nitrogens with one attached hydrogen (secondary N) is 1. The minimum absolute atomic E-state index is 0.143. The van der Waals surface area contributed by atoms with Crippen LogP contribution in [0.4, 0.5) is 4.39 Å². The van der Waals surface area contributed by atoms with Gasteiger partial charge in [-0.3, -0.25) is 9.18 Å². The molecular weight excluding hydrogens is 309 g/mol. The monoisotopic (exact) mass is 337 g/mol. The predicted molar refractivity (Wildman–Crippen MR) is 91.4 cm³/mol. The van der Waals surface area contributed by atoms with Crippen LogP contribution in [0.1, 0.15) is 44.6 Å². The van der Waals surface area contributed by atoms with Crippen LogP contribution in [0.2, 0.25) is 0 Å². The second-order valence-corrected chi connectivity index (χ2v) is 6.40. The fourth-order valence-corrected chi connectivity index (χ4v) is 3.02. The Morgan fingerprint density at radius 2 is 1.79 bits per heavy atom. The summed E-state index contributed by atoms with van der Waals surface area (Å²) in [5.41, 5.74) is 1.19. The first kappa shape index (κ1) is 18.9. The molecule has 5 heteroatoms. The first-order valence-corrected chi connectivity index (χ1v) is 8.77. The lowest BCUT2D eigenvalue weighted by Gasteiger charge is -2.30. The van der Waals surface area contributed by atoms with E-state index in [1.54, 1.807) is 0 Å². The lowest BCUT2D eigenvalue weighted by Crippen LogP contribution is -2.39. The van der Waals surface area contributed by atoms with Crippen LogP contribution in [-0.4, -0.2) is 37.4 Å². The van der Waals surface area contributed by atoms with Crippen molar-refractivity contribution < 1.29 is 18.7 Å². The Kier molecular flexibility index (Phi) is 8.19. The molecule has 1 aliphatic carbocycles. The molecule has 24 heavy (non-hydrogen) atoms. The molecule has 0 saturated heterocycles. The van der Waals surface area contributed by atoms with Crippen LogP contribution in [-0.2, 0) is 20.9 Å². The third-order valence-electron chi connectivity index (χ3n) is 4.35. The summed E-state index contributed by atoms with van der Waals surface area (Å²) in [5, 5.41) is 2.74. The van der Waals surface area contributed by atoms with Gasteiger partial charge >= 0.3 is 0 Å². The third-order valence-corrected chi connectivity index (χ3v) is 4.35. The van der Waals surface area contributed by atoms with Gasteiger partial charge in [-0.05, 0) is 37.7 Å². The SMILES string of the molecule is CC(=O)N[C@@H](CCF)COC1CCC(OCc2ccccc2)CC1. The molecule has 0 aliphatic heterocycles. The van der Waals surface area contributed by atoms with Crippen LogP contribution in [0, 0.1) is 0 Å². The zero-order valence-electron chi connectivity index (χ0n) is 14.4. The Morgan fingerprint density at radius 1 is 1.17 bits per heavy atom. The molecule has 0 aromatic heterocycles. The van der Waals surface area contributed by atoms with Crippen molar-refractivity contribution in [2.24, 2.45) is 0 Å². The molecule has 1 N–H and O–H groups in total. The first-order chi connectivity index (χ1) is 11.7. The number of amides is 1. The molecule has 1 amide bonds. The normalized spacial score (nSPS) is 22.1. The van der Waals surface area contributed by atoms with Crippen LogP contribution < -0.4 is 5.32 Å². The number of rotatable bonds is 9. The minimum atomic E-state index is -0.450. The summed E-state index contributed by atoms with van der Waals surface area (Å²) in [7, 11) is 0. The molecule has 0 radical (unpaired) electrons. The third kappa shape index (κ3) is 6.97. The van der Waals surface area contributed by atoms with E-state index in [1.807, 2.05) is 18.2 Å². The van der Waals surface area contributed by atoms with Gasteiger partial charge in [-0.25, -0.2) is 0 Å². The highest BCUT2D eigenvalue weighted by Gasteiger charge is 2.23. The van der Waals surface area contributed by atoms with Gasteiger partial charge in [0.05, 0.1) is 38.1 Å². The van der Waals surface area contributed by atoms with Crippen molar-refractivity contribution in [3.8, 4) is 0 Å². The fourth-order valence-electron chi connectivity index (χ4n) is 3.02. The highest BCUT2D eigenvalue weighted by molar-refractivity contribution is 5.73. The van der Waals surface area contributed by atoms with Crippen molar-refractivity contribution in [3.63, 3.8) is 0 Å². The Bertz CT molecular complexity index is 475. The molecule has 0 heterocycles. The number of halogens is 1. The van der Waals surface area contributed by atoms with E-state index in [-0.39, 0.29) is 24.2 Å². The van der Waals surface area contributed by atoms with Crippen molar-refractivity contribution in [1.29, 1.82) is 0 Å². The molecule has 0 bridgehead atoms.